The van der Waals surface area contributed by atoms with E-state index in [2.05, 4.69) is 40.6 Å². The van der Waals surface area contributed by atoms with E-state index in [1.165, 1.54) is 10.8 Å². The van der Waals surface area contributed by atoms with Gasteiger partial charge in [0.05, 0.1) is 11.7 Å². The van der Waals surface area contributed by atoms with Gasteiger partial charge in [0.25, 0.3) is 5.91 Å². The smallest absolute Gasteiger partial charge is 0.254 e. The molecule has 5 nitrogen and oxygen atoms in total. The van der Waals surface area contributed by atoms with Crippen LogP contribution in [0.1, 0.15) is 28.3 Å². The number of nitrogens with zero attached hydrogens (tertiary/aromatic N) is 2. The molecule has 0 radical (unpaired) electrons. The lowest BCUT2D eigenvalue weighted by Crippen LogP contribution is -2.44. The Hall–Kier alpha value is -2.92. The quantitative estimate of drug-likeness (QED) is 0.753. The third kappa shape index (κ3) is 3.38. The summed E-state index contributed by atoms with van der Waals surface area (Å²) in [5.74, 6) is 0.551. The third-order valence-electron chi connectivity index (χ3n) is 5.34. The number of rotatable bonds is 3. The Kier molecular flexibility index (Phi) is 4.77. The average Bonchev–Trinajstić information content (AvgIpc) is 2.72. The topological polar surface area (TPSA) is 65.5 Å². The van der Waals surface area contributed by atoms with Crippen LogP contribution in [0.3, 0.4) is 0 Å². The first-order valence-corrected chi connectivity index (χ1v) is 9.26. The number of aliphatic hydroxyl groups excluding tert-OH is 1. The van der Waals surface area contributed by atoms with E-state index in [1.807, 2.05) is 17.0 Å². The zero-order valence-electron chi connectivity index (χ0n) is 15.3. The van der Waals surface area contributed by atoms with E-state index in [9.17, 15) is 9.90 Å². The van der Waals surface area contributed by atoms with E-state index < -0.39 is 6.10 Å². The molecule has 1 aromatic heterocycles. The lowest BCUT2D eigenvalue weighted by molar-refractivity contribution is 0.0961. The number of β-amino-alcohol motifs (C(OH)–C–C–N with tert-alkyl or cyclic N) is 1. The molecule has 1 saturated heterocycles. The van der Waals surface area contributed by atoms with Crippen LogP contribution in [0.2, 0.25) is 0 Å². The SMILES string of the molecule is CNC(=O)c1cccnc1N1CC[C@@H](c2ccc3ccccc3c2)[C@H](O)C1. The molecule has 5 heteroatoms. The molecule has 27 heavy (non-hydrogen) atoms. The van der Waals surface area contributed by atoms with Gasteiger partial charge in [-0.25, -0.2) is 4.98 Å². The van der Waals surface area contributed by atoms with Gasteiger partial charge >= 0.3 is 0 Å². The monoisotopic (exact) mass is 361 g/mol. The second-order valence-corrected chi connectivity index (χ2v) is 6.97. The largest absolute Gasteiger partial charge is 0.391 e. The minimum absolute atomic E-state index is 0.0815. The van der Waals surface area contributed by atoms with Gasteiger partial charge in [0.15, 0.2) is 0 Å². The molecule has 0 unspecified atom stereocenters. The maximum absolute atomic E-state index is 12.1. The van der Waals surface area contributed by atoms with Crippen LogP contribution in [0.15, 0.2) is 60.8 Å². The van der Waals surface area contributed by atoms with E-state index in [1.54, 1.807) is 25.4 Å². The number of aliphatic hydroxyl groups is 1. The molecular weight excluding hydrogens is 338 g/mol. The molecule has 4 rings (SSSR count). The van der Waals surface area contributed by atoms with Crippen molar-refractivity contribution in [2.75, 3.05) is 25.0 Å². The highest BCUT2D eigenvalue weighted by Gasteiger charge is 2.31. The minimum Gasteiger partial charge on any atom is -0.391 e. The van der Waals surface area contributed by atoms with Crippen molar-refractivity contribution in [1.29, 1.82) is 0 Å². The maximum atomic E-state index is 12.1. The van der Waals surface area contributed by atoms with Crippen molar-refractivity contribution >= 4 is 22.5 Å². The molecule has 2 aromatic carbocycles. The van der Waals surface area contributed by atoms with Crippen molar-refractivity contribution < 1.29 is 9.90 Å². The standard InChI is InChI=1S/C22H23N3O2/c1-23-22(27)19-7-4-11-24-21(19)25-12-10-18(20(26)14-25)17-9-8-15-5-2-3-6-16(15)13-17/h2-9,11,13,18,20,26H,10,12,14H2,1H3,(H,23,27)/t18-,20+/m0/s1. The van der Waals surface area contributed by atoms with Gasteiger partial charge in [0.1, 0.15) is 5.82 Å². The maximum Gasteiger partial charge on any atom is 0.254 e. The second-order valence-electron chi connectivity index (χ2n) is 6.97. The molecule has 1 aliphatic heterocycles. The summed E-state index contributed by atoms with van der Waals surface area (Å²) in [6.45, 7) is 1.20. The first kappa shape index (κ1) is 17.5. The minimum atomic E-state index is -0.514. The summed E-state index contributed by atoms with van der Waals surface area (Å²) in [5.41, 5.74) is 1.70. The molecule has 1 fully saturated rings. The van der Waals surface area contributed by atoms with Crippen LogP contribution in [0.25, 0.3) is 10.8 Å². The number of hydrogen-bond acceptors (Lipinski definition) is 4. The Morgan fingerprint density at radius 3 is 2.74 bits per heavy atom. The number of aromatic nitrogens is 1. The molecule has 0 saturated carbocycles. The lowest BCUT2D eigenvalue weighted by atomic mass is 9.86. The number of amides is 1. The fourth-order valence-electron chi connectivity index (χ4n) is 3.91. The molecule has 0 spiro atoms. The molecule has 3 aromatic rings. The van der Waals surface area contributed by atoms with Crippen LogP contribution in [0, 0.1) is 0 Å². The van der Waals surface area contributed by atoms with Gasteiger partial charge in [-0.15, -0.1) is 0 Å². The highest BCUT2D eigenvalue weighted by molar-refractivity contribution is 5.98. The number of carbonyl (C=O) groups is 1. The van der Waals surface area contributed by atoms with Gasteiger partial charge in [-0.05, 0) is 34.9 Å². The molecule has 138 valence electrons. The van der Waals surface area contributed by atoms with Crippen molar-refractivity contribution in [3.05, 3.63) is 71.9 Å². The average molecular weight is 361 g/mol. The van der Waals surface area contributed by atoms with Gasteiger partial charge in [0, 0.05) is 32.3 Å². The van der Waals surface area contributed by atoms with Crippen molar-refractivity contribution in [3.8, 4) is 0 Å². The summed E-state index contributed by atoms with van der Waals surface area (Å²) in [7, 11) is 1.61. The number of pyridine rings is 1. The van der Waals surface area contributed by atoms with Crippen LogP contribution in [0.5, 0.6) is 0 Å². The van der Waals surface area contributed by atoms with Crippen molar-refractivity contribution in [3.63, 3.8) is 0 Å². The number of fused-ring (bicyclic) bond motifs is 1. The fraction of sp³-hybridized carbons (Fsp3) is 0.273. The molecule has 1 aliphatic rings. The highest BCUT2D eigenvalue weighted by Crippen LogP contribution is 2.32. The number of hydrogen-bond donors (Lipinski definition) is 2. The summed E-state index contributed by atoms with van der Waals surface area (Å²) in [5, 5.41) is 15.9. The Morgan fingerprint density at radius 2 is 1.96 bits per heavy atom. The first-order chi connectivity index (χ1) is 13.2. The van der Waals surface area contributed by atoms with Crippen molar-refractivity contribution in [2.45, 2.75) is 18.4 Å². The van der Waals surface area contributed by atoms with Gasteiger partial charge in [-0.3, -0.25) is 4.79 Å². The van der Waals surface area contributed by atoms with E-state index in [4.69, 9.17) is 0 Å². The number of benzene rings is 2. The molecular formula is C22H23N3O2. The van der Waals surface area contributed by atoms with Crippen LogP contribution >= 0.6 is 0 Å². The van der Waals surface area contributed by atoms with Gasteiger partial charge < -0.3 is 15.3 Å². The van der Waals surface area contributed by atoms with Gasteiger partial charge in [-0.1, -0.05) is 42.5 Å². The van der Waals surface area contributed by atoms with Crippen molar-refractivity contribution in [2.24, 2.45) is 0 Å². The number of piperidine rings is 1. The fourth-order valence-corrected chi connectivity index (χ4v) is 3.91. The Balaban J connectivity index is 1.57. The summed E-state index contributed by atoms with van der Waals surface area (Å²) >= 11 is 0. The predicted molar refractivity (Wildman–Crippen MR) is 107 cm³/mol. The van der Waals surface area contributed by atoms with Crippen molar-refractivity contribution in [1.82, 2.24) is 10.3 Å². The lowest BCUT2D eigenvalue weighted by Gasteiger charge is -2.37. The third-order valence-corrected chi connectivity index (χ3v) is 5.34. The Labute approximate surface area is 158 Å². The Bertz CT molecular complexity index is 972. The van der Waals surface area contributed by atoms with Crippen LogP contribution < -0.4 is 10.2 Å². The highest BCUT2D eigenvalue weighted by atomic mass is 16.3. The van der Waals surface area contributed by atoms with E-state index >= 15 is 0 Å². The number of anilines is 1. The van der Waals surface area contributed by atoms with Gasteiger partial charge in [-0.2, -0.15) is 0 Å². The number of carbonyl (C=O) groups excluding carboxylic acids is 1. The summed E-state index contributed by atoms with van der Waals surface area (Å²) in [6, 6.07) is 18.2. The normalized spacial score (nSPS) is 19.9. The zero-order chi connectivity index (χ0) is 18.8. The summed E-state index contributed by atoms with van der Waals surface area (Å²) in [4.78, 5) is 18.5. The Morgan fingerprint density at radius 1 is 1.15 bits per heavy atom. The summed E-state index contributed by atoms with van der Waals surface area (Å²) < 4.78 is 0. The van der Waals surface area contributed by atoms with Crippen LogP contribution in [-0.4, -0.2) is 42.2 Å². The number of nitrogens with one attached hydrogen (secondary N) is 1. The first-order valence-electron chi connectivity index (χ1n) is 9.26. The van der Waals surface area contributed by atoms with E-state index in [0.29, 0.717) is 17.9 Å². The summed E-state index contributed by atoms with van der Waals surface area (Å²) in [6.07, 6.45) is 1.98. The van der Waals surface area contributed by atoms with Crippen LogP contribution in [0.4, 0.5) is 5.82 Å². The molecule has 0 aliphatic carbocycles. The molecule has 2 atom stereocenters. The zero-order valence-corrected chi connectivity index (χ0v) is 15.3. The molecule has 2 N–H and O–H groups in total. The molecule has 2 heterocycles. The molecule has 0 bridgehead atoms. The van der Waals surface area contributed by atoms with Crippen LogP contribution in [-0.2, 0) is 0 Å². The molecule has 1 amide bonds. The van der Waals surface area contributed by atoms with E-state index in [0.717, 1.165) is 18.5 Å². The van der Waals surface area contributed by atoms with Gasteiger partial charge in [0.2, 0.25) is 0 Å². The predicted octanol–water partition coefficient (Wildman–Crippen LogP) is 2.95. The van der Waals surface area contributed by atoms with E-state index in [-0.39, 0.29) is 11.8 Å². The second kappa shape index (κ2) is 7.37.